The van der Waals surface area contributed by atoms with Gasteiger partial charge in [0.15, 0.2) is 0 Å². The number of esters is 2. The zero-order chi connectivity index (χ0) is 15.8. The Kier molecular flexibility index (Phi) is 7.43. The fraction of sp³-hybridized carbons (Fsp3) is 0.500. The van der Waals surface area contributed by atoms with Crippen LogP contribution in [0.3, 0.4) is 0 Å². The minimum Gasteiger partial charge on any atom is -0.462 e. The Morgan fingerprint density at radius 3 is 2.43 bits per heavy atom. The maximum absolute atomic E-state index is 12.1. The number of hydrogen-bond acceptors (Lipinski definition) is 4. The summed E-state index contributed by atoms with van der Waals surface area (Å²) in [6.07, 6.45) is 1.74. The molecule has 0 heterocycles. The minimum absolute atomic E-state index is 0.228. The Balaban J connectivity index is 2.88. The summed E-state index contributed by atoms with van der Waals surface area (Å²) in [5, 5.41) is 0. The van der Waals surface area contributed by atoms with Crippen molar-refractivity contribution in [1.82, 2.24) is 0 Å². The number of unbranched alkanes of at least 4 members (excludes halogenated alkanes) is 1. The van der Waals surface area contributed by atoms with Crippen molar-refractivity contribution in [3.63, 3.8) is 0 Å². The van der Waals surface area contributed by atoms with Crippen molar-refractivity contribution in [2.24, 2.45) is 5.92 Å². The van der Waals surface area contributed by atoms with Gasteiger partial charge in [0.25, 0.3) is 0 Å². The zero-order valence-corrected chi connectivity index (χ0v) is 14.2. The van der Waals surface area contributed by atoms with E-state index >= 15 is 0 Å². The zero-order valence-electron chi connectivity index (χ0n) is 12.6. The molecule has 5 heteroatoms. The van der Waals surface area contributed by atoms with Gasteiger partial charge in [0.1, 0.15) is 0 Å². The lowest BCUT2D eigenvalue weighted by Gasteiger charge is -2.11. The second kappa shape index (κ2) is 8.82. The fourth-order valence-corrected chi connectivity index (χ4v) is 1.93. The molecule has 0 fully saturated rings. The average molecular weight is 357 g/mol. The molecule has 0 radical (unpaired) electrons. The van der Waals surface area contributed by atoms with Gasteiger partial charge in [-0.15, -0.1) is 0 Å². The van der Waals surface area contributed by atoms with Crippen LogP contribution in [0.15, 0.2) is 22.7 Å². The molecule has 1 aromatic rings. The lowest BCUT2D eigenvalue weighted by molar-refractivity contribution is 0.0428. The third-order valence-electron chi connectivity index (χ3n) is 2.70. The van der Waals surface area contributed by atoms with Crippen LogP contribution in [-0.2, 0) is 9.47 Å². The third-order valence-corrected chi connectivity index (χ3v) is 3.19. The molecule has 0 saturated heterocycles. The number of benzene rings is 1. The van der Waals surface area contributed by atoms with Crippen LogP contribution in [0, 0.1) is 5.92 Å². The summed E-state index contributed by atoms with van der Waals surface area (Å²) < 4.78 is 11.1. The molecule has 0 saturated carbocycles. The first-order valence-corrected chi connectivity index (χ1v) is 7.88. The first-order chi connectivity index (χ1) is 9.95. The van der Waals surface area contributed by atoms with Gasteiger partial charge in [-0.05, 0) is 30.5 Å². The van der Waals surface area contributed by atoms with Crippen molar-refractivity contribution in [3.8, 4) is 0 Å². The molecule has 1 rings (SSSR count). The Hall–Kier alpha value is -1.36. The molecule has 0 unspecified atom stereocenters. The normalized spacial score (nSPS) is 10.5. The summed E-state index contributed by atoms with van der Waals surface area (Å²) in [4.78, 5) is 24.2. The van der Waals surface area contributed by atoms with Gasteiger partial charge in [-0.25, -0.2) is 9.59 Å². The number of hydrogen-bond donors (Lipinski definition) is 0. The second-order valence-electron chi connectivity index (χ2n) is 5.17. The van der Waals surface area contributed by atoms with Gasteiger partial charge in [0.2, 0.25) is 0 Å². The highest BCUT2D eigenvalue weighted by Gasteiger charge is 2.20. The van der Waals surface area contributed by atoms with E-state index in [0.717, 1.165) is 12.8 Å². The number of ether oxygens (including phenoxy) is 2. The fourth-order valence-electron chi connectivity index (χ4n) is 1.57. The van der Waals surface area contributed by atoms with Gasteiger partial charge in [-0.3, -0.25) is 0 Å². The molecule has 0 spiro atoms. The van der Waals surface area contributed by atoms with Gasteiger partial charge in [-0.2, -0.15) is 0 Å². The van der Waals surface area contributed by atoms with Crippen molar-refractivity contribution in [2.75, 3.05) is 13.2 Å². The predicted octanol–water partition coefficient (Wildman–Crippen LogP) is 4.22. The number of carbonyl (C=O) groups excluding carboxylic acids is 2. The average Bonchev–Trinajstić information content (AvgIpc) is 2.44. The maximum atomic E-state index is 12.1. The Morgan fingerprint density at radius 2 is 1.81 bits per heavy atom. The smallest absolute Gasteiger partial charge is 0.339 e. The van der Waals surface area contributed by atoms with Gasteiger partial charge in [-0.1, -0.05) is 43.1 Å². The minimum atomic E-state index is -0.507. The summed E-state index contributed by atoms with van der Waals surface area (Å²) in [5.41, 5.74) is 0.467. The Morgan fingerprint density at radius 1 is 1.14 bits per heavy atom. The van der Waals surface area contributed by atoms with E-state index in [9.17, 15) is 9.59 Å². The van der Waals surface area contributed by atoms with Crippen molar-refractivity contribution in [3.05, 3.63) is 33.8 Å². The van der Waals surface area contributed by atoms with Crippen LogP contribution in [0.25, 0.3) is 0 Å². The van der Waals surface area contributed by atoms with E-state index in [-0.39, 0.29) is 17.0 Å². The topological polar surface area (TPSA) is 52.6 Å². The van der Waals surface area contributed by atoms with Crippen LogP contribution in [0.1, 0.15) is 54.3 Å². The molecule has 0 aliphatic rings. The molecule has 116 valence electrons. The van der Waals surface area contributed by atoms with E-state index in [0.29, 0.717) is 17.7 Å². The SMILES string of the molecule is CCCCOC(=O)c1ccc(Br)cc1C(=O)OCC(C)C. The molecular weight excluding hydrogens is 336 g/mol. The van der Waals surface area contributed by atoms with Crippen LogP contribution < -0.4 is 0 Å². The van der Waals surface area contributed by atoms with Gasteiger partial charge >= 0.3 is 11.9 Å². The van der Waals surface area contributed by atoms with Crippen molar-refractivity contribution in [1.29, 1.82) is 0 Å². The van der Waals surface area contributed by atoms with E-state index in [1.165, 1.54) is 0 Å². The van der Waals surface area contributed by atoms with Crippen LogP contribution in [-0.4, -0.2) is 25.2 Å². The summed E-state index contributed by atoms with van der Waals surface area (Å²) in [6, 6.07) is 4.86. The summed E-state index contributed by atoms with van der Waals surface area (Å²) in [6.45, 7) is 6.59. The van der Waals surface area contributed by atoms with E-state index in [1.807, 2.05) is 20.8 Å². The summed E-state index contributed by atoms with van der Waals surface area (Å²) in [7, 11) is 0. The molecule has 0 aliphatic heterocycles. The van der Waals surface area contributed by atoms with E-state index in [2.05, 4.69) is 15.9 Å². The molecular formula is C16H21BrO4. The summed E-state index contributed by atoms with van der Waals surface area (Å²) in [5.74, 6) is -0.763. The summed E-state index contributed by atoms with van der Waals surface area (Å²) >= 11 is 3.30. The molecule has 0 amide bonds. The number of rotatable bonds is 7. The molecule has 0 aliphatic carbocycles. The predicted molar refractivity (Wildman–Crippen MR) is 84.5 cm³/mol. The molecule has 0 bridgehead atoms. The highest BCUT2D eigenvalue weighted by atomic mass is 79.9. The monoisotopic (exact) mass is 356 g/mol. The van der Waals surface area contributed by atoms with Crippen molar-refractivity contribution < 1.29 is 19.1 Å². The first-order valence-electron chi connectivity index (χ1n) is 7.09. The molecule has 0 N–H and O–H groups in total. The first kappa shape index (κ1) is 17.7. The molecule has 0 aromatic heterocycles. The lowest BCUT2D eigenvalue weighted by Crippen LogP contribution is -2.16. The number of carbonyl (C=O) groups is 2. The highest BCUT2D eigenvalue weighted by molar-refractivity contribution is 9.10. The third kappa shape index (κ3) is 5.87. The van der Waals surface area contributed by atoms with Crippen LogP contribution in [0.5, 0.6) is 0 Å². The molecule has 1 aromatic carbocycles. The van der Waals surface area contributed by atoms with Gasteiger partial charge < -0.3 is 9.47 Å². The number of halogens is 1. The van der Waals surface area contributed by atoms with Gasteiger partial charge in [0.05, 0.1) is 24.3 Å². The standard InChI is InChI=1S/C16H21BrO4/c1-4-5-8-20-15(18)13-7-6-12(17)9-14(13)16(19)21-10-11(2)3/h6-7,9,11H,4-5,8,10H2,1-3H3. The van der Waals surface area contributed by atoms with Crippen LogP contribution >= 0.6 is 15.9 Å². The van der Waals surface area contributed by atoms with E-state index < -0.39 is 11.9 Å². The maximum Gasteiger partial charge on any atom is 0.339 e. The van der Waals surface area contributed by atoms with Crippen LogP contribution in [0.4, 0.5) is 0 Å². The van der Waals surface area contributed by atoms with Crippen LogP contribution in [0.2, 0.25) is 0 Å². The lowest BCUT2D eigenvalue weighted by atomic mass is 10.1. The highest BCUT2D eigenvalue weighted by Crippen LogP contribution is 2.19. The van der Waals surface area contributed by atoms with E-state index in [4.69, 9.17) is 9.47 Å². The molecule has 4 nitrogen and oxygen atoms in total. The van der Waals surface area contributed by atoms with Crippen molar-refractivity contribution >= 4 is 27.9 Å². The van der Waals surface area contributed by atoms with Gasteiger partial charge in [0, 0.05) is 4.47 Å². The Labute approximate surface area is 133 Å². The van der Waals surface area contributed by atoms with Crippen molar-refractivity contribution in [2.45, 2.75) is 33.6 Å². The largest absolute Gasteiger partial charge is 0.462 e. The second-order valence-corrected chi connectivity index (χ2v) is 6.09. The Bertz CT molecular complexity index is 497. The molecule has 0 atom stereocenters. The van der Waals surface area contributed by atoms with E-state index in [1.54, 1.807) is 18.2 Å². The quantitative estimate of drug-likeness (QED) is 0.542. The molecule has 21 heavy (non-hydrogen) atoms.